The van der Waals surface area contributed by atoms with Crippen molar-refractivity contribution >= 4 is 53.3 Å². The van der Waals surface area contributed by atoms with Crippen LogP contribution in [0.3, 0.4) is 0 Å². The molecule has 0 radical (unpaired) electrons. The minimum absolute atomic E-state index is 1.15. The highest BCUT2D eigenvalue weighted by atomic mass is 32.1. The summed E-state index contributed by atoms with van der Waals surface area (Å²) in [5, 5.41) is 5.59. The van der Waals surface area contributed by atoms with Crippen molar-refractivity contribution in [2.45, 2.75) is 19.8 Å². The van der Waals surface area contributed by atoms with Crippen LogP contribution < -0.4 is 0 Å². The van der Waals surface area contributed by atoms with Crippen LogP contribution >= 0.6 is 11.3 Å². The molecule has 0 bridgehead atoms. The first-order valence-corrected chi connectivity index (χ1v) is 9.41. The SMILES string of the molecule is CCCc1cccc2sc3c(ccc4c5ccccc5n(C)c43)c12. The van der Waals surface area contributed by atoms with Gasteiger partial charge in [0.1, 0.15) is 0 Å². The first kappa shape index (κ1) is 14.1. The summed E-state index contributed by atoms with van der Waals surface area (Å²) in [6.45, 7) is 2.26. The highest BCUT2D eigenvalue weighted by Crippen LogP contribution is 2.42. The predicted molar refractivity (Wildman–Crippen MR) is 107 cm³/mol. The van der Waals surface area contributed by atoms with Crippen LogP contribution in [-0.2, 0) is 13.5 Å². The standard InChI is InChI=1S/C22H19NS/c1-3-7-14-8-6-11-19-20(14)17-13-12-16-15-9-4-5-10-18(15)23(2)21(16)22(17)24-19/h4-6,8-13H,3,7H2,1-2H3. The Bertz CT molecular complexity index is 1220. The monoisotopic (exact) mass is 329 g/mol. The first-order valence-electron chi connectivity index (χ1n) is 8.60. The molecule has 0 aliphatic carbocycles. The van der Waals surface area contributed by atoms with Crippen LogP contribution in [0.15, 0.2) is 54.6 Å². The molecule has 5 aromatic rings. The molecule has 3 aromatic carbocycles. The zero-order valence-electron chi connectivity index (χ0n) is 14.0. The summed E-state index contributed by atoms with van der Waals surface area (Å²) in [6.07, 6.45) is 2.34. The molecule has 0 fully saturated rings. The Hall–Kier alpha value is -2.32. The van der Waals surface area contributed by atoms with E-state index < -0.39 is 0 Å². The van der Waals surface area contributed by atoms with Gasteiger partial charge >= 0.3 is 0 Å². The lowest BCUT2D eigenvalue weighted by atomic mass is 10.0. The molecule has 1 nitrogen and oxygen atoms in total. The third kappa shape index (κ3) is 1.75. The molecule has 0 aliphatic rings. The van der Waals surface area contributed by atoms with Gasteiger partial charge in [-0.3, -0.25) is 0 Å². The van der Waals surface area contributed by atoms with Crippen LogP contribution in [-0.4, -0.2) is 4.57 Å². The third-order valence-electron chi connectivity index (χ3n) is 5.14. The average Bonchev–Trinajstić information content (AvgIpc) is 3.12. The molecule has 2 heterocycles. The van der Waals surface area contributed by atoms with Crippen LogP contribution in [0.5, 0.6) is 0 Å². The number of hydrogen-bond donors (Lipinski definition) is 0. The van der Waals surface area contributed by atoms with E-state index >= 15 is 0 Å². The van der Waals surface area contributed by atoms with E-state index in [2.05, 4.69) is 73.1 Å². The predicted octanol–water partition coefficient (Wildman–Crippen LogP) is 6.65. The zero-order chi connectivity index (χ0) is 16.3. The maximum Gasteiger partial charge on any atom is 0.0670 e. The van der Waals surface area contributed by atoms with Gasteiger partial charge in [-0.1, -0.05) is 55.8 Å². The maximum absolute atomic E-state index is 2.36. The normalized spacial score (nSPS) is 12.1. The minimum atomic E-state index is 1.15. The van der Waals surface area contributed by atoms with E-state index in [4.69, 9.17) is 0 Å². The van der Waals surface area contributed by atoms with Gasteiger partial charge in [0.15, 0.2) is 0 Å². The second-order valence-electron chi connectivity index (χ2n) is 6.56. The largest absolute Gasteiger partial charge is 0.342 e. The van der Waals surface area contributed by atoms with E-state index in [0.29, 0.717) is 0 Å². The van der Waals surface area contributed by atoms with Gasteiger partial charge in [-0.15, -0.1) is 11.3 Å². The number of rotatable bonds is 2. The summed E-state index contributed by atoms with van der Waals surface area (Å²) in [5.41, 5.74) is 4.17. The van der Waals surface area contributed by atoms with Gasteiger partial charge in [-0.05, 0) is 24.1 Å². The number of benzene rings is 3. The molecule has 0 atom stereocenters. The molecule has 0 aliphatic heterocycles. The van der Waals surface area contributed by atoms with Crippen molar-refractivity contribution in [2.75, 3.05) is 0 Å². The second-order valence-corrected chi connectivity index (χ2v) is 7.61. The van der Waals surface area contributed by atoms with E-state index in [1.165, 1.54) is 54.0 Å². The molecule has 5 rings (SSSR count). The fourth-order valence-corrected chi connectivity index (χ4v) is 5.42. The third-order valence-corrected chi connectivity index (χ3v) is 6.31. The number of hydrogen-bond acceptors (Lipinski definition) is 1. The van der Waals surface area contributed by atoms with Crippen molar-refractivity contribution in [3.63, 3.8) is 0 Å². The topological polar surface area (TPSA) is 4.93 Å². The molecule has 0 N–H and O–H groups in total. The Morgan fingerprint density at radius 3 is 2.58 bits per heavy atom. The number of nitrogens with zero attached hydrogens (tertiary/aromatic N) is 1. The van der Waals surface area contributed by atoms with Crippen LogP contribution in [0.1, 0.15) is 18.9 Å². The molecule has 0 saturated carbocycles. The van der Waals surface area contributed by atoms with Gasteiger partial charge in [0.05, 0.1) is 10.2 Å². The highest BCUT2D eigenvalue weighted by molar-refractivity contribution is 7.26. The van der Waals surface area contributed by atoms with Crippen molar-refractivity contribution in [3.05, 3.63) is 60.2 Å². The van der Waals surface area contributed by atoms with Crippen LogP contribution in [0.2, 0.25) is 0 Å². The van der Waals surface area contributed by atoms with E-state index in [9.17, 15) is 0 Å². The Kier molecular flexibility index (Phi) is 2.98. The summed E-state index contributed by atoms with van der Waals surface area (Å²) in [5.74, 6) is 0. The van der Waals surface area contributed by atoms with Gasteiger partial charge in [0, 0.05) is 38.8 Å². The molecule has 2 aromatic heterocycles. The van der Waals surface area contributed by atoms with Crippen molar-refractivity contribution in [2.24, 2.45) is 7.05 Å². The van der Waals surface area contributed by atoms with Gasteiger partial charge in [0.25, 0.3) is 0 Å². The van der Waals surface area contributed by atoms with Gasteiger partial charge in [0.2, 0.25) is 0 Å². The summed E-state index contributed by atoms with van der Waals surface area (Å²) in [7, 11) is 2.20. The van der Waals surface area contributed by atoms with Crippen molar-refractivity contribution in [1.29, 1.82) is 0 Å². The van der Waals surface area contributed by atoms with E-state index in [1.54, 1.807) is 0 Å². The Morgan fingerprint density at radius 1 is 0.875 bits per heavy atom. The summed E-state index contributed by atoms with van der Waals surface area (Å²) in [6, 6.07) is 20.1. The molecule has 118 valence electrons. The van der Waals surface area contributed by atoms with Crippen molar-refractivity contribution in [1.82, 2.24) is 4.57 Å². The number of aryl methyl sites for hydroxylation is 2. The Balaban J connectivity index is 2.02. The molecule has 0 amide bonds. The Labute approximate surface area is 145 Å². The van der Waals surface area contributed by atoms with Crippen molar-refractivity contribution in [3.8, 4) is 0 Å². The van der Waals surface area contributed by atoms with Gasteiger partial charge in [-0.2, -0.15) is 0 Å². The molecule has 0 saturated heterocycles. The van der Waals surface area contributed by atoms with Gasteiger partial charge in [-0.25, -0.2) is 0 Å². The summed E-state index contributed by atoms with van der Waals surface area (Å²) in [4.78, 5) is 0. The number of thiophene rings is 1. The fraction of sp³-hybridized carbons (Fsp3) is 0.182. The van der Waals surface area contributed by atoms with Crippen LogP contribution in [0.4, 0.5) is 0 Å². The number of aromatic nitrogens is 1. The smallest absolute Gasteiger partial charge is 0.0670 e. The molecule has 0 unspecified atom stereocenters. The molecule has 24 heavy (non-hydrogen) atoms. The lowest BCUT2D eigenvalue weighted by Crippen LogP contribution is -1.86. The van der Waals surface area contributed by atoms with Gasteiger partial charge < -0.3 is 4.57 Å². The summed E-state index contributed by atoms with van der Waals surface area (Å²) < 4.78 is 5.19. The van der Waals surface area contributed by atoms with Crippen molar-refractivity contribution < 1.29 is 0 Å². The van der Waals surface area contributed by atoms with E-state index in [1.807, 2.05) is 11.3 Å². The zero-order valence-corrected chi connectivity index (χ0v) is 14.8. The fourth-order valence-electron chi connectivity index (χ4n) is 4.09. The molecular formula is C22H19NS. The minimum Gasteiger partial charge on any atom is -0.342 e. The quantitative estimate of drug-likeness (QED) is 0.341. The number of para-hydroxylation sites is 1. The highest BCUT2D eigenvalue weighted by Gasteiger charge is 2.15. The second kappa shape index (κ2) is 5.09. The molecule has 0 spiro atoms. The van der Waals surface area contributed by atoms with Crippen LogP contribution in [0, 0.1) is 0 Å². The first-order chi connectivity index (χ1) is 11.8. The van der Waals surface area contributed by atoms with E-state index in [0.717, 1.165) is 6.42 Å². The lowest BCUT2D eigenvalue weighted by molar-refractivity contribution is 0.930. The maximum atomic E-state index is 2.36. The van der Waals surface area contributed by atoms with E-state index in [-0.39, 0.29) is 0 Å². The number of fused-ring (bicyclic) bond motifs is 7. The Morgan fingerprint density at radius 2 is 1.71 bits per heavy atom. The summed E-state index contributed by atoms with van der Waals surface area (Å²) >= 11 is 1.94. The van der Waals surface area contributed by atoms with Crippen LogP contribution in [0.25, 0.3) is 42.0 Å². The molecule has 2 heteroatoms. The average molecular weight is 329 g/mol. The lowest BCUT2D eigenvalue weighted by Gasteiger charge is -2.03. The molecular weight excluding hydrogens is 310 g/mol.